The maximum Gasteiger partial charge on any atom is 0.193 e. The molecule has 152 valence electrons. The van der Waals surface area contributed by atoms with Crippen LogP contribution in [-0.4, -0.2) is 30.8 Å². The van der Waals surface area contributed by atoms with Crippen molar-refractivity contribution >= 4 is 35.6 Å². The average Bonchev–Trinajstić information content (AvgIpc) is 2.85. The van der Waals surface area contributed by atoms with Crippen LogP contribution in [0.4, 0.5) is 14.5 Å². The number of ether oxygens (including phenoxy) is 2. The summed E-state index contributed by atoms with van der Waals surface area (Å²) in [5, 5.41) is 13.4. The Morgan fingerprint density at radius 1 is 1.18 bits per heavy atom. The number of nitrogens with one attached hydrogen (secondary N) is 1. The molecule has 1 aliphatic rings. The van der Waals surface area contributed by atoms with Crippen LogP contribution in [0.3, 0.4) is 0 Å². The zero-order valence-electron chi connectivity index (χ0n) is 15.2. The second-order valence-electron chi connectivity index (χ2n) is 6.44. The molecular weight excluding hydrogens is 483 g/mol. The number of nitrogens with zero attached hydrogens (tertiary/aromatic N) is 1. The van der Waals surface area contributed by atoms with Gasteiger partial charge >= 0.3 is 0 Å². The smallest absolute Gasteiger partial charge is 0.193 e. The van der Waals surface area contributed by atoms with Gasteiger partial charge in [-0.25, -0.2) is 13.8 Å². The van der Waals surface area contributed by atoms with Gasteiger partial charge in [0.25, 0.3) is 0 Å². The highest BCUT2D eigenvalue weighted by Gasteiger charge is 2.26. The Balaban J connectivity index is 0.00000280. The van der Waals surface area contributed by atoms with Crippen LogP contribution < -0.4 is 20.5 Å². The lowest BCUT2D eigenvalue weighted by Gasteiger charge is -2.22. The van der Waals surface area contributed by atoms with Crippen molar-refractivity contribution in [2.24, 2.45) is 10.7 Å². The van der Waals surface area contributed by atoms with Crippen molar-refractivity contribution < 1.29 is 23.4 Å². The van der Waals surface area contributed by atoms with Gasteiger partial charge in [-0.15, -0.1) is 24.0 Å². The van der Waals surface area contributed by atoms with Crippen LogP contribution in [0, 0.1) is 11.6 Å². The van der Waals surface area contributed by atoms with Gasteiger partial charge in [0, 0.05) is 29.8 Å². The molecule has 0 aromatic heterocycles. The van der Waals surface area contributed by atoms with Crippen molar-refractivity contribution in [3.8, 4) is 11.5 Å². The number of hydrogen-bond acceptors (Lipinski definition) is 4. The summed E-state index contributed by atoms with van der Waals surface area (Å²) in [5.74, 6) is -0.267. The number of fused-ring (bicyclic) bond motifs is 1. The van der Waals surface area contributed by atoms with E-state index in [4.69, 9.17) is 15.2 Å². The molecule has 0 fully saturated rings. The molecule has 0 saturated carbocycles. The maximum absolute atomic E-state index is 13.9. The van der Waals surface area contributed by atoms with Crippen molar-refractivity contribution in [3.05, 3.63) is 53.6 Å². The lowest BCUT2D eigenvalue weighted by atomic mass is 9.95. The van der Waals surface area contributed by atoms with Crippen molar-refractivity contribution in [3.63, 3.8) is 0 Å². The van der Waals surface area contributed by atoms with E-state index in [9.17, 15) is 13.9 Å². The van der Waals surface area contributed by atoms with E-state index in [0.717, 1.165) is 12.5 Å². The van der Waals surface area contributed by atoms with Crippen LogP contribution in [0.25, 0.3) is 0 Å². The molecule has 9 heteroatoms. The number of halogens is 3. The number of anilines is 1. The Labute approximate surface area is 178 Å². The van der Waals surface area contributed by atoms with Crippen molar-refractivity contribution in [1.82, 2.24) is 0 Å². The number of aliphatic hydroxyl groups is 1. The fraction of sp³-hybridized carbons (Fsp3) is 0.316. The maximum atomic E-state index is 13.9. The molecule has 1 unspecified atom stereocenters. The normalized spacial score (nSPS) is 15.8. The number of nitrogens with two attached hydrogens (primary N) is 1. The zero-order valence-corrected chi connectivity index (χ0v) is 17.6. The number of aliphatic imine (C=N–C) groups is 1. The first-order chi connectivity index (χ1) is 12.8. The minimum absolute atomic E-state index is 0. The second-order valence-corrected chi connectivity index (χ2v) is 6.44. The largest absolute Gasteiger partial charge is 0.490 e. The molecule has 0 bridgehead atoms. The number of hydrogen-bond donors (Lipinski definition) is 3. The van der Waals surface area contributed by atoms with E-state index >= 15 is 0 Å². The summed E-state index contributed by atoms with van der Waals surface area (Å²) < 4.78 is 38.1. The summed E-state index contributed by atoms with van der Waals surface area (Å²) in [5.41, 5.74) is 4.79. The lowest BCUT2D eigenvalue weighted by molar-refractivity contribution is 0.0634. The first-order valence-corrected chi connectivity index (χ1v) is 8.50. The average molecular weight is 505 g/mol. The Bertz CT molecular complexity index is 862. The molecule has 0 amide bonds. The number of guanidine groups is 1. The van der Waals surface area contributed by atoms with Crippen LogP contribution in [0.2, 0.25) is 0 Å². The van der Waals surface area contributed by atoms with Gasteiger partial charge in [0.1, 0.15) is 17.2 Å². The molecule has 0 spiro atoms. The highest BCUT2D eigenvalue weighted by Crippen LogP contribution is 2.32. The Morgan fingerprint density at radius 2 is 1.89 bits per heavy atom. The molecule has 0 saturated heterocycles. The Kier molecular flexibility index (Phi) is 7.41. The van der Waals surface area contributed by atoms with Gasteiger partial charge in [0.2, 0.25) is 0 Å². The van der Waals surface area contributed by atoms with Gasteiger partial charge in [-0.3, -0.25) is 0 Å². The predicted octanol–water partition coefficient (Wildman–Crippen LogP) is 3.38. The standard InChI is InChI=1S/C19H21F2N3O3.HI/c1-19(25,14-5-3-12(20)9-15(14)21)11-23-18(22)24-13-4-6-16-17(10-13)27-8-2-7-26-16;/h3-6,9-10,25H,2,7-8,11H2,1H3,(H3,22,23,24);1H. The fourth-order valence-corrected chi connectivity index (χ4v) is 2.68. The summed E-state index contributed by atoms with van der Waals surface area (Å²) in [4.78, 5) is 4.06. The van der Waals surface area contributed by atoms with Gasteiger partial charge in [0.05, 0.1) is 19.8 Å². The van der Waals surface area contributed by atoms with Gasteiger partial charge in [-0.1, -0.05) is 6.07 Å². The van der Waals surface area contributed by atoms with E-state index in [2.05, 4.69) is 10.3 Å². The summed E-state index contributed by atoms with van der Waals surface area (Å²) >= 11 is 0. The second kappa shape index (κ2) is 9.37. The van der Waals surface area contributed by atoms with Crippen molar-refractivity contribution in [2.75, 3.05) is 25.1 Å². The van der Waals surface area contributed by atoms with Gasteiger partial charge in [0.15, 0.2) is 17.5 Å². The van der Waals surface area contributed by atoms with Crippen molar-refractivity contribution in [1.29, 1.82) is 0 Å². The molecule has 1 aliphatic heterocycles. The van der Waals surface area contributed by atoms with Gasteiger partial charge in [-0.2, -0.15) is 0 Å². The Hall–Kier alpha value is -2.14. The summed E-state index contributed by atoms with van der Waals surface area (Å²) in [6, 6.07) is 8.24. The molecule has 28 heavy (non-hydrogen) atoms. The van der Waals surface area contributed by atoms with Crippen LogP contribution in [0.15, 0.2) is 41.4 Å². The summed E-state index contributed by atoms with van der Waals surface area (Å²) in [7, 11) is 0. The van der Waals surface area contributed by atoms with Crippen LogP contribution >= 0.6 is 24.0 Å². The van der Waals surface area contributed by atoms with Crippen molar-refractivity contribution in [2.45, 2.75) is 18.9 Å². The van der Waals surface area contributed by atoms with E-state index in [1.54, 1.807) is 18.2 Å². The lowest BCUT2D eigenvalue weighted by Crippen LogP contribution is -2.30. The third-order valence-corrected chi connectivity index (χ3v) is 4.09. The SMILES string of the molecule is CC(O)(CN=C(N)Nc1ccc2c(c1)OCCCO2)c1ccc(F)cc1F.I. The van der Waals surface area contributed by atoms with E-state index in [-0.39, 0.29) is 42.0 Å². The predicted molar refractivity (Wildman–Crippen MR) is 114 cm³/mol. The monoisotopic (exact) mass is 505 g/mol. The molecule has 0 aliphatic carbocycles. The molecule has 4 N–H and O–H groups in total. The Morgan fingerprint density at radius 3 is 2.61 bits per heavy atom. The molecule has 1 heterocycles. The minimum Gasteiger partial charge on any atom is -0.490 e. The fourth-order valence-electron chi connectivity index (χ4n) is 2.68. The molecule has 3 rings (SSSR count). The van der Waals surface area contributed by atoms with E-state index in [1.807, 2.05) is 0 Å². The molecule has 2 aromatic rings. The highest BCUT2D eigenvalue weighted by molar-refractivity contribution is 14.0. The molecule has 0 radical (unpaired) electrons. The van der Waals surface area contributed by atoms with E-state index in [1.165, 1.54) is 13.0 Å². The van der Waals surface area contributed by atoms with Crippen LogP contribution in [0.5, 0.6) is 11.5 Å². The zero-order chi connectivity index (χ0) is 19.4. The minimum atomic E-state index is -1.64. The van der Waals surface area contributed by atoms with Gasteiger partial charge in [-0.05, 0) is 25.1 Å². The van der Waals surface area contributed by atoms with E-state index in [0.29, 0.717) is 36.5 Å². The molecule has 2 aromatic carbocycles. The first-order valence-electron chi connectivity index (χ1n) is 8.50. The third-order valence-electron chi connectivity index (χ3n) is 4.09. The summed E-state index contributed by atoms with van der Waals surface area (Å²) in [6.07, 6.45) is 0.802. The molecular formula is C19H22F2IN3O3. The molecule has 1 atom stereocenters. The van der Waals surface area contributed by atoms with Crippen LogP contribution in [-0.2, 0) is 5.60 Å². The quantitative estimate of drug-likeness (QED) is 0.337. The summed E-state index contributed by atoms with van der Waals surface area (Å²) in [6.45, 7) is 2.33. The third kappa shape index (κ3) is 5.44. The van der Waals surface area contributed by atoms with E-state index < -0.39 is 17.2 Å². The highest BCUT2D eigenvalue weighted by atomic mass is 127. The van der Waals surface area contributed by atoms with Crippen LogP contribution in [0.1, 0.15) is 18.9 Å². The van der Waals surface area contributed by atoms with Gasteiger partial charge < -0.3 is 25.6 Å². The molecule has 6 nitrogen and oxygen atoms in total. The first kappa shape index (κ1) is 22.2. The topological polar surface area (TPSA) is 89.1 Å². The number of rotatable bonds is 4. The number of benzene rings is 2.